The van der Waals surface area contributed by atoms with Gasteiger partial charge in [0, 0.05) is 17.7 Å². The molecule has 0 radical (unpaired) electrons. The number of rotatable bonds is 3. The van der Waals surface area contributed by atoms with Gasteiger partial charge < -0.3 is 9.84 Å². The van der Waals surface area contributed by atoms with E-state index in [4.69, 9.17) is 4.74 Å². The number of carbonyl (C=O) groups excluding carboxylic acids is 2. The molecule has 0 bridgehead atoms. The highest BCUT2D eigenvalue weighted by atomic mass is 16.6. The molecule has 0 atom stereocenters. The van der Waals surface area contributed by atoms with Crippen molar-refractivity contribution in [1.29, 1.82) is 0 Å². The predicted molar refractivity (Wildman–Crippen MR) is 72.3 cm³/mol. The number of aromatic hydroxyl groups is 1. The Morgan fingerprint density at radius 3 is 2.47 bits per heavy atom. The van der Waals surface area contributed by atoms with Crippen LogP contribution in [0.15, 0.2) is 18.2 Å². The molecule has 0 heterocycles. The Hall–Kier alpha value is -2.04. The number of anilines is 1. The molecule has 1 amide bonds. The topological polar surface area (TPSA) is 75.6 Å². The first-order valence-corrected chi connectivity index (χ1v) is 5.99. The minimum absolute atomic E-state index is 0.0324. The lowest BCUT2D eigenvalue weighted by atomic mass is 10.1. The van der Waals surface area contributed by atoms with Gasteiger partial charge in [0.1, 0.15) is 17.1 Å². The van der Waals surface area contributed by atoms with Gasteiger partial charge in [-0.05, 0) is 45.9 Å². The molecule has 1 rings (SSSR count). The summed E-state index contributed by atoms with van der Waals surface area (Å²) in [5.41, 5.74) is 0.368. The number of carbonyl (C=O) groups is 2. The summed E-state index contributed by atoms with van der Waals surface area (Å²) >= 11 is 0. The third-order valence-electron chi connectivity index (χ3n) is 2.16. The Labute approximate surface area is 112 Å². The van der Waals surface area contributed by atoms with E-state index in [2.05, 4.69) is 5.32 Å². The molecule has 0 unspecified atom stereocenters. The Kier molecular flexibility index (Phi) is 4.53. The number of hydrogen-bond acceptors (Lipinski definition) is 4. The number of ketones is 1. The highest BCUT2D eigenvalue weighted by molar-refractivity contribution is 5.86. The van der Waals surface area contributed by atoms with E-state index in [1.807, 2.05) is 0 Å². The predicted octanol–water partition coefficient (Wildman–Crippen LogP) is 2.87. The summed E-state index contributed by atoms with van der Waals surface area (Å²) in [6, 6.07) is 4.54. The number of Topliss-reactive ketones (excluding diaryl/α,β-unsaturated/α-hetero) is 1. The quantitative estimate of drug-likeness (QED) is 0.824. The molecule has 0 aromatic heterocycles. The molecule has 19 heavy (non-hydrogen) atoms. The van der Waals surface area contributed by atoms with Gasteiger partial charge in [-0.25, -0.2) is 4.79 Å². The van der Waals surface area contributed by atoms with Crippen LogP contribution in [0.2, 0.25) is 0 Å². The molecule has 0 saturated heterocycles. The summed E-state index contributed by atoms with van der Waals surface area (Å²) in [7, 11) is 0. The minimum atomic E-state index is -0.580. The SMILES string of the molecule is CC(=O)Cc1cc(NC(=O)OC(C)(C)C)ccc1O. The van der Waals surface area contributed by atoms with E-state index in [9.17, 15) is 14.7 Å². The van der Waals surface area contributed by atoms with E-state index >= 15 is 0 Å². The van der Waals surface area contributed by atoms with Gasteiger partial charge in [0.25, 0.3) is 0 Å². The largest absolute Gasteiger partial charge is 0.508 e. The average Bonchev–Trinajstić information content (AvgIpc) is 2.19. The Morgan fingerprint density at radius 1 is 1.32 bits per heavy atom. The van der Waals surface area contributed by atoms with Gasteiger partial charge >= 0.3 is 6.09 Å². The summed E-state index contributed by atoms with van der Waals surface area (Å²) < 4.78 is 5.11. The minimum Gasteiger partial charge on any atom is -0.508 e. The first kappa shape index (κ1) is 15.0. The molecule has 5 heteroatoms. The fraction of sp³-hybridized carbons (Fsp3) is 0.429. The van der Waals surface area contributed by atoms with E-state index < -0.39 is 11.7 Å². The first-order valence-electron chi connectivity index (χ1n) is 5.99. The van der Waals surface area contributed by atoms with Crippen LogP contribution in [0.4, 0.5) is 10.5 Å². The van der Waals surface area contributed by atoms with Crippen molar-refractivity contribution in [3.8, 4) is 5.75 Å². The van der Waals surface area contributed by atoms with Crippen LogP contribution in [-0.4, -0.2) is 22.6 Å². The van der Waals surface area contributed by atoms with Crippen molar-refractivity contribution in [2.75, 3.05) is 5.32 Å². The summed E-state index contributed by atoms with van der Waals surface area (Å²) in [5.74, 6) is -0.0327. The van der Waals surface area contributed by atoms with Crippen molar-refractivity contribution in [1.82, 2.24) is 0 Å². The van der Waals surface area contributed by atoms with Crippen molar-refractivity contribution < 1.29 is 19.4 Å². The van der Waals surface area contributed by atoms with Gasteiger partial charge in [0.05, 0.1) is 0 Å². The van der Waals surface area contributed by atoms with Gasteiger partial charge in [-0.3, -0.25) is 10.1 Å². The maximum Gasteiger partial charge on any atom is 0.412 e. The third-order valence-corrected chi connectivity index (χ3v) is 2.16. The van der Waals surface area contributed by atoms with Crippen molar-refractivity contribution >= 4 is 17.6 Å². The first-order chi connectivity index (χ1) is 8.67. The van der Waals surface area contributed by atoms with Gasteiger partial charge in [0.15, 0.2) is 0 Å². The van der Waals surface area contributed by atoms with Gasteiger partial charge in [-0.2, -0.15) is 0 Å². The second-order valence-electron chi connectivity index (χ2n) is 5.35. The van der Waals surface area contributed by atoms with E-state index in [0.29, 0.717) is 11.3 Å². The monoisotopic (exact) mass is 265 g/mol. The highest BCUT2D eigenvalue weighted by Crippen LogP contribution is 2.22. The average molecular weight is 265 g/mol. The lowest BCUT2D eigenvalue weighted by Gasteiger charge is -2.19. The van der Waals surface area contributed by atoms with Crippen LogP contribution in [-0.2, 0) is 16.0 Å². The summed E-state index contributed by atoms with van der Waals surface area (Å²) in [4.78, 5) is 22.6. The Balaban J connectivity index is 2.79. The molecule has 1 aromatic rings. The van der Waals surface area contributed by atoms with Crippen molar-refractivity contribution in [3.63, 3.8) is 0 Å². The van der Waals surface area contributed by atoms with Crippen LogP contribution in [0.1, 0.15) is 33.3 Å². The smallest absolute Gasteiger partial charge is 0.412 e. The van der Waals surface area contributed by atoms with Crippen LogP contribution >= 0.6 is 0 Å². The number of amides is 1. The molecule has 104 valence electrons. The summed E-state index contributed by atoms with van der Waals surface area (Å²) in [6.07, 6.45) is -0.456. The lowest BCUT2D eigenvalue weighted by molar-refractivity contribution is -0.116. The van der Waals surface area contributed by atoms with Crippen LogP contribution in [0, 0.1) is 0 Å². The molecule has 5 nitrogen and oxygen atoms in total. The third kappa shape index (κ3) is 5.42. The molecule has 0 aliphatic carbocycles. The molecule has 0 spiro atoms. The second kappa shape index (κ2) is 5.73. The number of phenolic OH excluding ortho intramolecular Hbond substituents is 1. The number of ether oxygens (including phenoxy) is 1. The maximum absolute atomic E-state index is 11.6. The molecular weight excluding hydrogens is 246 g/mol. The number of hydrogen-bond donors (Lipinski definition) is 2. The second-order valence-corrected chi connectivity index (χ2v) is 5.35. The van der Waals surface area contributed by atoms with Gasteiger partial charge in [0.2, 0.25) is 0 Å². The van der Waals surface area contributed by atoms with Crippen LogP contribution in [0.25, 0.3) is 0 Å². The summed E-state index contributed by atoms with van der Waals surface area (Å²) in [5, 5.41) is 12.2. The zero-order chi connectivity index (χ0) is 14.6. The summed E-state index contributed by atoms with van der Waals surface area (Å²) in [6.45, 7) is 6.74. The molecule has 0 aliphatic rings. The number of nitrogens with one attached hydrogen (secondary N) is 1. The van der Waals surface area contributed by atoms with E-state index in [1.54, 1.807) is 32.9 Å². The normalized spacial score (nSPS) is 10.9. The molecule has 1 aromatic carbocycles. The molecule has 0 fully saturated rings. The number of phenols is 1. The maximum atomic E-state index is 11.6. The molecular formula is C14H19NO4. The van der Waals surface area contributed by atoms with Crippen molar-refractivity contribution in [2.24, 2.45) is 0 Å². The zero-order valence-corrected chi connectivity index (χ0v) is 11.6. The van der Waals surface area contributed by atoms with Crippen molar-refractivity contribution in [3.05, 3.63) is 23.8 Å². The molecule has 0 saturated carbocycles. The number of benzene rings is 1. The zero-order valence-electron chi connectivity index (χ0n) is 11.6. The molecule has 2 N–H and O–H groups in total. The highest BCUT2D eigenvalue weighted by Gasteiger charge is 2.16. The van der Waals surface area contributed by atoms with E-state index in [1.165, 1.54) is 13.0 Å². The lowest BCUT2D eigenvalue weighted by Crippen LogP contribution is -2.27. The Morgan fingerprint density at radius 2 is 1.95 bits per heavy atom. The van der Waals surface area contributed by atoms with Crippen LogP contribution < -0.4 is 5.32 Å². The van der Waals surface area contributed by atoms with Gasteiger partial charge in [-0.15, -0.1) is 0 Å². The van der Waals surface area contributed by atoms with Crippen LogP contribution in [0.3, 0.4) is 0 Å². The van der Waals surface area contributed by atoms with E-state index in [0.717, 1.165) is 0 Å². The molecule has 0 aliphatic heterocycles. The van der Waals surface area contributed by atoms with E-state index in [-0.39, 0.29) is 18.0 Å². The van der Waals surface area contributed by atoms with Crippen LogP contribution in [0.5, 0.6) is 5.75 Å². The Bertz CT molecular complexity index is 489. The standard InChI is InChI=1S/C14H19NO4/c1-9(16)7-10-8-11(5-6-12(10)17)15-13(18)19-14(2,3)4/h5-6,8,17H,7H2,1-4H3,(H,15,18). The fourth-order valence-corrected chi connectivity index (χ4v) is 1.49. The van der Waals surface area contributed by atoms with Crippen molar-refractivity contribution in [2.45, 2.75) is 39.7 Å². The fourth-order valence-electron chi connectivity index (χ4n) is 1.49. The van der Waals surface area contributed by atoms with Gasteiger partial charge in [-0.1, -0.05) is 0 Å².